The summed E-state index contributed by atoms with van der Waals surface area (Å²) >= 11 is 0. The van der Waals surface area contributed by atoms with Gasteiger partial charge in [0, 0.05) is 0 Å². The highest BCUT2D eigenvalue weighted by Gasteiger charge is 2.17. The van der Waals surface area contributed by atoms with Gasteiger partial charge in [0.05, 0.1) is 13.2 Å². The minimum atomic E-state index is -0.524. The van der Waals surface area contributed by atoms with Gasteiger partial charge in [-0.25, -0.2) is 4.79 Å². The summed E-state index contributed by atoms with van der Waals surface area (Å²) in [6.45, 7) is 13.5. The second kappa shape index (κ2) is 14.4. The van der Waals surface area contributed by atoms with Crippen LogP contribution in [-0.2, 0) is 4.74 Å². The van der Waals surface area contributed by atoms with Crippen LogP contribution < -0.4 is 14.8 Å². The molecule has 0 saturated heterocycles. The van der Waals surface area contributed by atoms with Crippen LogP contribution in [0.1, 0.15) is 76.1 Å². The quantitative estimate of drug-likeness (QED) is 0.189. The van der Waals surface area contributed by atoms with Gasteiger partial charge in [-0.05, 0) is 98.2 Å². The van der Waals surface area contributed by atoms with Gasteiger partial charge in [0.25, 0.3) is 0 Å². The van der Waals surface area contributed by atoms with E-state index in [4.69, 9.17) is 14.2 Å². The van der Waals surface area contributed by atoms with E-state index >= 15 is 0 Å². The minimum Gasteiger partial charge on any atom is -0.494 e. The second-order valence-electron chi connectivity index (χ2n) is 10.6. The summed E-state index contributed by atoms with van der Waals surface area (Å²) in [4.78, 5) is 11.8. The molecular weight excluding hydrogens is 486 g/mol. The Hall–Kier alpha value is -3.73. The molecule has 3 aromatic carbocycles. The first-order chi connectivity index (χ1) is 18.7. The number of carbonyl (C=O) groups is 1. The third kappa shape index (κ3) is 9.20. The van der Waals surface area contributed by atoms with Gasteiger partial charge < -0.3 is 19.5 Å². The second-order valence-corrected chi connectivity index (χ2v) is 10.6. The smallest absolute Gasteiger partial charge is 0.407 e. The fraction of sp³-hybridized carbons (Fsp3) is 0.382. The van der Waals surface area contributed by atoms with Crippen molar-refractivity contribution in [3.05, 3.63) is 95.1 Å². The molecule has 0 atom stereocenters. The summed E-state index contributed by atoms with van der Waals surface area (Å²) in [5.41, 5.74) is 6.67. The summed E-state index contributed by atoms with van der Waals surface area (Å²) in [7, 11) is 0. The summed E-state index contributed by atoms with van der Waals surface area (Å²) in [6, 6.07) is 25.1. The molecule has 0 fully saturated rings. The molecule has 0 bridgehead atoms. The molecule has 0 aliphatic heterocycles. The number of aryl methyl sites for hydroxylation is 1. The molecular formula is C34H43NO4. The molecule has 0 unspecified atom stereocenters. The first-order valence-corrected chi connectivity index (χ1v) is 13.9. The lowest BCUT2D eigenvalue weighted by molar-refractivity contribution is 0.0520. The van der Waals surface area contributed by atoms with Crippen LogP contribution in [0.5, 0.6) is 11.5 Å². The number of alkyl carbamates (subject to hydrolysis) is 1. The van der Waals surface area contributed by atoms with Crippen molar-refractivity contribution < 1.29 is 19.0 Å². The molecule has 0 aliphatic carbocycles. The van der Waals surface area contributed by atoms with E-state index in [1.165, 1.54) is 27.8 Å². The molecule has 0 aromatic heterocycles. The normalized spacial score (nSPS) is 11.9. The molecule has 0 radical (unpaired) electrons. The van der Waals surface area contributed by atoms with Gasteiger partial charge in [-0.2, -0.15) is 0 Å². The number of unbranched alkanes of at least 4 members (excludes halogenated alkanes) is 1. The van der Waals surface area contributed by atoms with Gasteiger partial charge in [0.1, 0.15) is 23.7 Å². The first kappa shape index (κ1) is 29.8. The zero-order valence-corrected chi connectivity index (χ0v) is 24.3. The van der Waals surface area contributed by atoms with E-state index in [9.17, 15) is 4.79 Å². The number of hydrogen-bond acceptors (Lipinski definition) is 4. The Morgan fingerprint density at radius 3 is 2.10 bits per heavy atom. The van der Waals surface area contributed by atoms with Crippen LogP contribution >= 0.6 is 0 Å². The van der Waals surface area contributed by atoms with E-state index in [-0.39, 0.29) is 0 Å². The van der Waals surface area contributed by atoms with E-state index in [0.29, 0.717) is 13.2 Å². The Kier molecular flexibility index (Phi) is 11.0. The van der Waals surface area contributed by atoms with Crippen molar-refractivity contribution in [2.45, 2.75) is 66.4 Å². The number of amides is 1. The van der Waals surface area contributed by atoms with Crippen LogP contribution in [0.15, 0.2) is 72.8 Å². The third-order valence-electron chi connectivity index (χ3n) is 6.19. The topological polar surface area (TPSA) is 56.8 Å². The third-order valence-corrected chi connectivity index (χ3v) is 6.19. The number of hydrogen-bond donors (Lipinski definition) is 1. The van der Waals surface area contributed by atoms with E-state index in [2.05, 4.69) is 80.7 Å². The highest BCUT2D eigenvalue weighted by atomic mass is 16.6. The van der Waals surface area contributed by atoms with Gasteiger partial charge >= 0.3 is 6.09 Å². The molecule has 3 aromatic rings. The average Bonchev–Trinajstić information content (AvgIpc) is 2.90. The Balaban J connectivity index is 1.84. The molecule has 5 heteroatoms. The molecule has 1 N–H and O–H groups in total. The molecule has 5 nitrogen and oxygen atoms in total. The van der Waals surface area contributed by atoms with Crippen LogP contribution in [0.3, 0.4) is 0 Å². The molecule has 0 spiro atoms. The van der Waals surface area contributed by atoms with Crippen molar-refractivity contribution in [1.29, 1.82) is 0 Å². The van der Waals surface area contributed by atoms with Crippen molar-refractivity contribution >= 4 is 17.2 Å². The maximum atomic E-state index is 11.8. The molecule has 0 heterocycles. The predicted octanol–water partition coefficient (Wildman–Crippen LogP) is 8.45. The minimum absolute atomic E-state index is 0.351. The fourth-order valence-electron chi connectivity index (χ4n) is 4.35. The van der Waals surface area contributed by atoms with Gasteiger partial charge in [-0.1, -0.05) is 68.8 Å². The number of carbonyl (C=O) groups excluding carboxylic acids is 1. The standard InChI is InChI=1S/C34H43NO4/c1-7-9-22-37-29-19-20-31(25(3)24-29)32(30(8-2)26-13-11-10-12-14-26)27-15-17-28(18-16-27)38-23-21-35-33(36)39-34(4,5)6/h10-20,24H,7-9,21-23H2,1-6H3,(H,35,36)/b32-30+. The van der Waals surface area contributed by atoms with Crippen LogP contribution in [0.4, 0.5) is 4.79 Å². The number of nitrogens with one attached hydrogen (secondary N) is 1. The van der Waals surface area contributed by atoms with Crippen LogP contribution in [0, 0.1) is 6.92 Å². The van der Waals surface area contributed by atoms with E-state index < -0.39 is 11.7 Å². The molecule has 39 heavy (non-hydrogen) atoms. The zero-order chi connectivity index (χ0) is 28.3. The highest BCUT2D eigenvalue weighted by Crippen LogP contribution is 2.37. The lowest BCUT2D eigenvalue weighted by Gasteiger charge is -2.20. The summed E-state index contributed by atoms with van der Waals surface area (Å²) in [6.07, 6.45) is 2.61. The lowest BCUT2D eigenvalue weighted by atomic mass is 9.86. The predicted molar refractivity (Wildman–Crippen MR) is 160 cm³/mol. The Labute approximate surface area is 234 Å². The summed E-state index contributed by atoms with van der Waals surface area (Å²) in [5.74, 6) is 1.66. The van der Waals surface area contributed by atoms with Gasteiger partial charge in [-0.3, -0.25) is 0 Å². The molecule has 3 rings (SSSR count). The average molecular weight is 530 g/mol. The van der Waals surface area contributed by atoms with Crippen LogP contribution in [-0.4, -0.2) is 31.5 Å². The van der Waals surface area contributed by atoms with E-state index in [1.54, 1.807) is 0 Å². The van der Waals surface area contributed by atoms with Crippen molar-refractivity contribution in [1.82, 2.24) is 5.32 Å². The lowest BCUT2D eigenvalue weighted by Crippen LogP contribution is -2.34. The maximum absolute atomic E-state index is 11.8. The maximum Gasteiger partial charge on any atom is 0.407 e. The van der Waals surface area contributed by atoms with Crippen LogP contribution in [0.25, 0.3) is 11.1 Å². The Morgan fingerprint density at radius 2 is 1.49 bits per heavy atom. The van der Waals surface area contributed by atoms with Crippen molar-refractivity contribution in [2.75, 3.05) is 19.8 Å². The summed E-state index contributed by atoms with van der Waals surface area (Å²) < 4.78 is 17.1. The molecule has 208 valence electrons. The number of allylic oxidation sites excluding steroid dienone is 1. The number of benzene rings is 3. The Bertz CT molecular complexity index is 1220. The molecule has 0 aliphatic rings. The SMILES string of the molecule is CCCCOc1ccc(/C(=C(\CC)c2ccccc2)c2ccc(OCCNC(=O)OC(C)(C)C)cc2)c(C)c1. The highest BCUT2D eigenvalue weighted by molar-refractivity contribution is 5.99. The first-order valence-electron chi connectivity index (χ1n) is 13.9. The van der Waals surface area contributed by atoms with Crippen molar-refractivity contribution in [2.24, 2.45) is 0 Å². The van der Waals surface area contributed by atoms with Crippen LogP contribution in [0.2, 0.25) is 0 Å². The zero-order valence-electron chi connectivity index (χ0n) is 24.3. The van der Waals surface area contributed by atoms with Gasteiger partial charge in [0.2, 0.25) is 0 Å². The number of rotatable bonds is 12. The van der Waals surface area contributed by atoms with Gasteiger partial charge in [0.15, 0.2) is 0 Å². The largest absolute Gasteiger partial charge is 0.494 e. The van der Waals surface area contributed by atoms with Crippen molar-refractivity contribution in [3.63, 3.8) is 0 Å². The van der Waals surface area contributed by atoms with Gasteiger partial charge in [-0.15, -0.1) is 0 Å². The summed E-state index contributed by atoms with van der Waals surface area (Å²) in [5, 5.41) is 2.72. The molecule has 1 amide bonds. The van der Waals surface area contributed by atoms with E-state index in [1.807, 2.05) is 39.0 Å². The van der Waals surface area contributed by atoms with Crippen molar-refractivity contribution in [3.8, 4) is 11.5 Å². The monoisotopic (exact) mass is 529 g/mol. The Morgan fingerprint density at radius 1 is 0.821 bits per heavy atom. The molecule has 0 saturated carbocycles. The fourth-order valence-corrected chi connectivity index (χ4v) is 4.35. The number of ether oxygens (including phenoxy) is 3. The van der Waals surface area contributed by atoms with E-state index in [0.717, 1.165) is 42.9 Å².